The van der Waals surface area contributed by atoms with Crippen molar-refractivity contribution in [2.45, 2.75) is 13.1 Å². The van der Waals surface area contributed by atoms with Crippen LogP contribution in [-0.4, -0.2) is 34.7 Å². The summed E-state index contributed by atoms with van der Waals surface area (Å²) in [6.45, 7) is 1.48. The number of fused-ring (bicyclic) bond motifs is 1. The van der Waals surface area contributed by atoms with Crippen LogP contribution < -0.4 is 10.6 Å². The third kappa shape index (κ3) is 3.57. The predicted octanol–water partition coefficient (Wildman–Crippen LogP) is 1.72. The predicted molar refractivity (Wildman–Crippen MR) is 89.8 cm³/mol. The molecule has 1 unspecified atom stereocenters. The van der Waals surface area contributed by atoms with Gasteiger partial charge in [0, 0.05) is 11.3 Å². The fourth-order valence-electron chi connectivity index (χ4n) is 2.06. The third-order valence-electron chi connectivity index (χ3n) is 3.29. The Kier molecular flexibility index (Phi) is 4.52. The molecule has 2 heterocycles. The number of benzene rings is 1. The van der Waals surface area contributed by atoms with Gasteiger partial charge in [0.05, 0.1) is 17.5 Å². The van der Waals surface area contributed by atoms with Crippen molar-refractivity contribution >= 4 is 40.2 Å². The molecule has 122 valence electrons. The molecular weight excluding hydrogens is 330 g/mol. The second-order valence-electron chi connectivity index (χ2n) is 5.05. The Morgan fingerprint density at radius 3 is 2.75 bits per heavy atom. The molecule has 0 aromatic heterocycles. The minimum atomic E-state index is -0.608. The van der Waals surface area contributed by atoms with Crippen LogP contribution in [0.1, 0.15) is 17.3 Å². The van der Waals surface area contributed by atoms with E-state index in [1.165, 1.54) is 13.1 Å². The van der Waals surface area contributed by atoms with Crippen LogP contribution in [0.4, 0.5) is 5.69 Å². The Hall–Kier alpha value is -2.81. The molecule has 3 rings (SSSR count). The quantitative estimate of drug-likeness (QED) is 0.811. The molecule has 2 N–H and O–H groups in total. The topological polar surface area (TPSA) is 112 Å². The van der Waals surface area contributed by atoms with Crippen LogP contribution in [0, 0.1) is 0 Å². The minimum Gasteiger partial charge on any atom is -0.325 e. The van der Waals surface area contributed by atoms with Crippen LogP contribution in [0.25, 0.3) is 0 Å². The molecule has 0 bridgehead atoms. The van der Waals surface area contributed by atoms with Gasteiger partial charge in [-0.1, -0.05) is 11.8 Å². The van der Waals surface area contributed by atoms with Crippen LogP contribution in [0.15, 0.2) is 51.3 Å². The van der Waals surface area contributed by atoms with Crippen LogP contribution in [0.2, 0.25) is 0 Å². The summed E-state index contributed by atoms with van der Waals surface area (Å²) in [7, 11) is 0. The SMILES string of the molecule is CC(=O)c1ccc(NC(=O)CSC2=NC3N=NC=C3C(=O)N2)cc1. The molecule has 1 atom stereocenters. The molecule has 9 heteroatoms. The molecule has 2 amide bonds. The highest BCUT2D eigenvalue weighted by atomic mass is 32.2. The summed E-state index contributed by atoms with van der Waals surface area (Å²) in [5.41, 5.74) is 1.57. The van der Waals surface area contributed by atoms with Crippen molar-refractivity contribution in [2.24, 2.45) is 15.2 Å². The first-order valence-corrected chi connectivity index (χ1v) is 8.04. The summed E-state index contributed by atoms with van der Waals surface area (Å²) in [6, 6.07) is 6.62. The highest BCUT2D eigenvalue weighted by Gasteiger charge is 2.29. The fourth-order valence-corrected chi connectivity index (χ4v) is 2.74. The number of amidine groups is 1. The number of nitrogens with one attached hydrogen (secondary N) is 2. The third-order valence-corrected chi connectivity index (χ3v) is 4.18. The van der Waals surface area contributed by atoms with Crippen molar-refractivity contribution in [3.05, 3.63) is 41.6 Å². The van der Waals surface area contributed by atoms with Gasteiger partial charge in [-0.15, -0.1) is 0 Å². The zero-order valence-corrected chi connectivity index (χ0v) is 13.5. The lowest BCUT2D eigenvalue weighted by Gasteiger charge is -2.16. The minimum absolute atomic E-state index is 0.0352. The van der Waals surface area contributed by atoms with Gasteiger partial charge in [0.25, 0.3) is 5.91 Å². The molecule has 1 aromatic rings. The molecule has 0 fully saturated rings. The van der Waals surface area contributed by atoms with Gasteiger partial charge >= 0.3 is 0 Å². The Morgan fingerprint density at radius 2 is 2.04 bits per heavy atom. The Bertz CT molecular complexity index is 798. The van der Waals surface area contributed by atoms with Gasteiger partial charge in [-0.3, -0.25) is 14.4 Å². The van der Waals surface area contributed by atoms with E-state index in [-0.39, 0.29) is 23.4 Å². The summed E-state index contributed by atoms with van der Waals surface area (Å²) in [5.74, 6) is -0.507. The van der Waals surface area contributed by atoms with Gasteiger partial charge in [0.1, 0.15) is 0 Å². The van der Waals surface area contributed by atoms with Gasteiger partial charge in [-0.05, 0) is 31.2 Å². The van der Waals surface area contributed by atoms with Crippen molar-refractivity contribution in [1.29, 1.82) is 0 Å². The second kappa shape index (κ2) is 6.75. The van der Waals surface area contributed by atoms with E-state index in [0.717, 1.165) is 11.8 Å². The fraction of sp³-hybridized carbons (Fsp3) is 0.200. The highest BCUT2D eigenvalue weighted by Crippen LogP contribution is 2.22. The average molecular weight is 343 g/mol. The standard InChI is InChI=1S/C15H13N5O3S/c1-8(21)9-2-4-10(5-3-9)17-12(22)7-24-15-18-13-11(6-16-20-13)14(23)19-15/h2-6,13H,7H2,1H3,(H,17,22)(H,18,19,23). The molecule has 8 nitrogen and oxygen atoms in total. The van der Waals surface area contributed by atoms with Crippen molar-refractivity contribution in [2.75, 3.05) is 11.1 Å². The number of anilines is 1. The van der Waals surface area contributed by atoms with Gasteiger partial charge < -0.3 is 10.6 Å². The Morgan fingerprint density at radius 1 is 1.29 bits per heavy atom. The number of carbonyl (C=O) groups excluding carboxylic acids is 3. The maximum atomic E-state index is 12.0. The molecule has 1 aromatic carbocycles. The first-order chi connectivity index (χ1) is 11.5. The van der Waals surface area contributed by atoms with E-state index in [2.05, 4.69) is 25.9 Å². The number of hydrogen-bond acceptors (Lipinski definition) is 7. The van der Waals surface area contributed by atoms with Crippen molar-refractivity contribution in [1.82, 2.24) is 5.32 Å². The second-order valence-corrected chi connectivity index (χ2v) is 6.01. The monoisotopic (exact) mass is 343 g/mol. The number of ketones is 1. The summed E-state index contributed by atoms with van der Waals surface area (Å²) in [4.78, 5) is 39.2. The molecule has 0 radical (unpaired) electrons. The molecular formula is C15H13N5O3S. The number of aliphatic imine (C=N–C) groups is 1. The molecule has 24 heavy (non-hydrogen) atoms. The number of amides is 2. The number of azo groups is 1. The number of hydrogen-bond donors (Lipinski definition) is 2. The van der Waals surface area contributed by atoms with Gasteiger partial charge in [0.2, 0.25) is 5.91 Å². The summed E-state index contributed by atoms with van der Waals surface area (Å²) >= 11 is 1.11. The summed E-state index contributed by atoms with van der Waals surface area (Å²) in [5, 5.41) is 13.1. The summed E-state index contributed by atoms with van der Waals surface area (Å²) in [6.07, 6.45) is 0.769. The number of rotatable bonds is 4. The summed E-state index contributed by atoms with van der Waals surface area (Å²) < 4.78 is 0. The van der Waals surface area contributed by atoms with E-state index >= 15 is 0 Å². The van der Waals surface area contributed by atoms with Crippen molar-refractivity contribution in [3.63, 3.8) is 0 Å². The number of Topliss-reactive ketones (excluding diaryl/α,β-unsaturated/α-hetero) is 1. The Balaban J connectivity index is 1.54. The maximum absolute atomic E-state index is 12.0. The van der Waals surface area contributed by atoms with Gasteiger partial charge in [0.15, 0.2) is 17.1 Å². The molecule has 2 aliphatic heterocycles. The van der Waals surface area contributed by atoms with Gasteiger partial charge in [-0.25, -0.2) is 4.99 Å². The normalized spacial score (nSPS) is 18.4. The van der Waals surface area contributed by atoms with Crippen LogP contribution in [-0.2, 0) is 9.59 Å². The highest BCUT2D eigenvalue weighted by molar-refractivity contribution is 8.14. The van der Waals surface area contributed by atoms with E-state index in [0.29, 0.717) is 22.0 Å². The van der Waals surface area contributed by atoms with Crippen LogP contribution >= 0.6 is 11.8 Å². The lowest BCUT2D eigenvalue weighted by molar-refractivity contribution is -0.116. The lowest BCUT2D eigenvalue weighted by atomic mass is 10.1. The number of carbonyl (C=O) groups is 3. The smallest absolute Gasteiger partial charge is 0.258 e. The number of nitrogens with zero attached hydrogens (tertiary/aromatic N) is 3. The molecule has 0 aliphatic carbocycles. The lowest BCUT2D eigenvalue weighted by Crippen LogP contribution is -2.38. The van der Waals surface area contributed by atoms with Crippen LogP contribution in [0.3, 0.4) is 0 Å². The van der Waals surface area contributed by atoms with E-state index in [1.807, 2.05) is 0 Å². The van der Waals surface area contributed by atoms with Crippen molar-refractivity contribution < 1.29 is 14.4 Å². The molecule has 0 saturated carbocycles. The number of thioether (sulfide) groups is 1. The van der Waals surface area contributed by atoms with E-state index in [9.17, 15) is 14.4 Å². The largest absolute Gasteiger partial charge is 0.325 e. The van der Waals surface area contributed by atoms with Gasteiger partial charge in [-0.2, -0.15) is 10.2 Å². The van der Waals surface area contributed by atoms with E-state index in [4.69, 9.17) is 0 Å². The maximum Gasteiger partial charge on any atom is 0.258 e. The van der Waals surface area contributed by atoms with E-state index in [1.54, 1.807) is 24.3 Å². The zero-order chi connectivity index (χ0) is 17.1. The van der Waals surface area contributed by atoms with Crippen molar-refractivity contribution in [3.8, 4) is 0 Å². The van der Waals surface area contributed by atoms with E-state index < -0.39 is 6.17 Å². The first kappa shape index (κ1) is 16.1. The first-order valence-electron chi connectivity index (χ1n) is 7.06. The molecule has 2 aliphatic rings. The average Bonchev–Trinajstić information content (AvgIpc) is 3.02. The van der Waals surface area contributed by atoms with Crippen LogP contribution in [0.5, 0.6) is 0 Å². The Labute approximate surface area is 141 Å². The molecule has 0 saturated heterocycles. The molecule has 0 spiro atoms. The zero-order valence-electron chi connectivity index (χ0n) is 12.6.